The van der Waals surface area contributed by atoms with Crippen LogP contribution in [-0.2, 0) is 4.79 Å². The van der Waals surface area contributed by atoms with Crippen LogP contribution in [0.4, 0.5) is 0 Å². The maximum Gasteiger partial charge on any atom is 0.227 e. The van der Waals surface area contributed by atoms with Gasteiger partial charge in [0.05, 0.1) is 5.92 Å². The minimum atomic E-state index is 0.132. The molecule has 3 fully saturated rings. The maximum absolute atomic E-state index is 12.7. The summed E-state index contributed by atoms with van der Waals surface area (Å²) in [5, 5.41) is 0. The monoisotopic (exact) mass is 251 g/mol. The van der Waals surface area contributed by atoms with Gasteiger partial charge in [0, 0.05) is 25.7 Å². The lowest BCUT2D eigenvalue weighted by atomic mass is 9.84. The molecule has 1 amide bonds. The minimum Gasteiger partial charge on any atom is -0.341 e. The second kappa shape index (κ2) is 4.82. The smallest absolute Gasteiger partial charge is 0.227 e. The van der Waals surface area contributed by atoms with Crippen molar-refractivity contribution in [2.75, 3.05) is 33.2 Å². The summed E-state index contributed by atoms with van der Waals surface area (Å²) in [5.74, 6) is 1.69. The average molecular weight is 251 g/mol. The molecule has 1 aliphatic heterocycles. The van der Waals surface area contributed by atoms with Crippen LogP contribution in [0, 0.1) is 17.8 Å². The molecule has 2 aliphatic carbocycles. The number of rotatable bonds is 1. The lowest BCUT2D eigenvalue weighted by molar-refractivity contribution is -0.137. The molecule has 3 rings (SSSR count). The number of carbonyl (C=O) groups excluding carboxylic acids is 1. The average Bonchev–Trinajstić information content (AvgIpc) is 2.86. The predicted molar refractivity (Wildman–Crippen MR) is 71.0 cm³/mol. The van der Waals surface area contributed by atoms with Crippen LogP contribution in [0.5, 0.6) is 0 Å². The molecule has 0 aromatic carbocycles. The number of hydrogen-bond acceptors (Lipinski definition) is 3. The van der Waals surface area contributed by atoms with Gasteiger partial charge >= 0.3 is 0 Å². The van der Waals surface area contributed by atoms with E-state index in [0.29, 0.717) is 17.7 Å². The van der Waals surface area contributed by atoms with Gasteiger partial charge in [-0.1, -0.05) is 0 Å². The van der Waals surface area contributed by atoms with Crippen LogP contribution in [-0.4, -0.2) is 55.0 Å². The first kappa shape index (κ1) is 12.4. The van der Waals surface area contributed by atoms with E-state index in [0.717, 1.165) is 32.6 Å². The van der Waals surface area contributed by atoms with E-state index in [-0.39, 0.29) is 12.0 Å². The molecular formula is C14H25N3O. The highest BCUT2D eigenvalue weighted by molar-refractivity contribution is 5.80. The van der Waals surface area contributed by atoms with E-state index in [1.165, 1.54) is 19.3 Å². The molecule has 18 heavy (non-hydrogen) atoms. The van der Waals surface area contributed by atoms with Crippen molar-refractivity contribution in [3.05, 3.63) is 0 Å². The Hall–Kier alpha value is -0.610. The number of nitrogens with two attached hydrogens (primary N) is 1. The number of hydrogen-bond donors (Lipinski definition) is 1. The molecule has 1 heterocycles. The number of nitrogens with zero attached hydrogens (tertiary/aromatic N) is 2. The van der Waals surface area contributed by atoms with Gasteiger partial charge in [-0.3, -0.25) is 4.79 Å². The van der Waals surface area contributed by atoms with Crippen molar-refractivity contribution in [1.82, 2.24) is 9.80 Å². The van der Waals surface area contributed by atoms with Gasteiger partial charge in [0.15, 0.2) is 0 Å². The van der Waals surface area contributed by atoms with E-state index in [1.807, 2.05) is 0 Å². The highest BCUT2D eigenvalue weighted by Crippen LogP contribution is 2.48. The lowest BCUT2D eigenvalue weighted by Crippen LogP contribution is -2.48. The van der Waals surface area contributed by atoms with Crippen molar-refractivity contribution in [2.24, 2.45) is 23.5 Å². The van der Waals surface area contributed by atoms with Gasteiger partial charge in [0.25, 0.3) is 0 Å². The van der Waals surface area contributed by atoms with Gasteiger partial charge in [0.1, 0.15) is 0 Å². The number of fused-ring (bicyclic) bond motifs is 2. The van der Waals surface area contributed by atoms with Crippen LogP contribution in [0.25, 0.3) is 0 Å². The highest BCUT2D eigenvalue weighted by Gasteiger charge is 2.50. The molecule has 3 aliphatic rings. The van der Waals surface area contributed by atoms with Crippen LogP contribution in [0.1, 0.15) is 25.7 Å². The van der Waals surface area contributed by atoms with Crippen molar-refractivity contribution >= 4 is 5.91 Å². The van der Waals surface area contributed by atoms with Crippen LogP contribution >= 0.6 is 0 Å². The highest BCUT2D eigenvalue weighted by atomic mass is 16.2. The van der Waals surface area contributed by atoms with Crippen molar-refractivity contribution in [3.8, 4) is 0 Å². The van der Waals surface area contributed by atoms with Crippen LogP contribution < -0.4 is 5.73 Å². The summed E-state index contributed by atoms with van der Waals surface area (Å²) in [4.78, 5) is 17.1. The van der Waals surface area contributed by atoms with Gasteiger partial charge < -0.3 is 15.5 Å². The molecule has 0 aromatic rings. The van der Waals surface area contributed by atoms with Crippen LogP contribution in [0.15, 0.2) is 0 Å². The van der Waals surface area contributed by atoms with Crippen molar-refractivity contribution in [2.45, 2.75) is 31.7 Å². The van der Waals surface area contributed by atoms with Crippen molar-refractivity contribution < 1.29 is 4.79 Å². The maximum atomic E-state index is 12.7. The first-order valence-corrected chi connectivity index (χ1v) is 7.39. The molecular weight excluding hydrogens is 226 g/mol. The summed E-state index contributed by atoms with van der Waals surface area (Å²) in [6, 6.07) is 0.136. The second-order valence-corrected chi connectivity index (χ2v) is 6.42. The number of amides is 1. The summed E-state index contributed by atoms with van der Waals surface area (Å²) in [5.41, 5.74) is 6.28. The molecule has 0 radical (unpaired) electrons. The third kappa shape index (κ3) is 2.05. The molecule has 0 spiro atoms. The lowest BCUT2D eigenvalue weighted by Gasteiger charge is -2.32. The largest absolute Gasteiger partial charge is 0.341 e. The normalized spacial score (nSPS) is 41.1. The van der Waals surface area contributed by atoms with E-state index in [4.69, 9.17) is 5.73 Å². The number of likely N-dealkylation sites (N-methyl/N-ethyl adjacent to an activating group) is 1. The third-order valence-electron chi connectivity index (χ3n) is 5.30. The van der Waals surface area contributed by atoms with E-state index in [1.54, 1.807) is 0 Å². The summed E-state index contributed by atoms with van der Waals surface area (Å²) in [7, 11) is 2.14. The van der Waals surface area contributed by atoms with Crippen molar-refractivity contribution in [1.29, 1.82) is 0 Å². The molecule has 4 heteroatoms. The Kier molecular flexibility index (Phi) is 3.32. The van der Waals surface area contributed by atoms with Gasteiger partial charge in [-0.05, 0) is 51.1 Å². The van der Waals surface area contributed by atoms with Crippen LogP contribution in [0.2, 0.25) is 0 Å². The molecule has 2 N–H and O–H groups in total. The topological polar surface area (TPSA) is 49.6 Å². The second-order valence-electron chi connectivity index (χ2n) is 6.42. The zero-order valence-corrected chi connectivity index (χ0v) is 11.3. The Bertz CT molecular complexity index is 331. The molecule has 4 atom stereocenters. The molecule has 4 unspecified atom stereocenters. The Labute approximate surface area is 109 Å². The van der Waals surface area contributed by atoms with Crippen molar-refractivity contribution in [3.63, 3.8) is 0 Å². The molecule has 4 nitrogen and oxygen atoms in total. The first-order chi connectivity index (χ1) is 8.66. The van der Waals surface area contributed by atoms with E-state index < -0.39 is 0 Å². The quantitative estimate of drug-likeness (QED) is 0.739. The third-order valence-corrected chi connectivity index (χ3v) is 5.30. The molecule has 102 valence electrons. The Morgan fingerprint density at radius 2 is 1.89 bits per heavy atom. The summed E-state index contributed by atoms with van der Waals surface area (Å²) < 4.78 is 0. The zero-order chi connectivity index (χ0) is 12.7. The fourth-order valence-corrected chi connectivity index (χ4v) is 4.18. The Morgan fingerprint density at radius 1 is 1.11 bits per heavy atom. The molecule has 2 saturated carbocycles. The van der Waals surface area contributed by atoms with E-state index in [9.17, 15) is 4.79 Å². The van der Waals surface area contributed by atoms with Crippen LogP contribution in [0.3, 0.4) is 0 Å². The predicted octanol–water partition coefficient (Wildman–Crippen LogP) is 0.524. The summed E-state index contributed by atoms with van der Waals surface area (Å²) in [6.07, 6.45) is 4.77. The fourth-order valence-electron chi connectivity index (χ4n) is 4.18. The molecule has 0 aromatic heterocycles. The van der Waals surface area contributed by atoms with Gasteiger partial charge in [-0.2, -0.15) is 0 Å². The first-order valence-electron chi connectivity index (χ1n) is 7.39. The summed E-state index contributed by atoms with van der Waals surface area (Å²) >= 11 is 0. The van der Waals surface area contributed by atoms with Gasteiger partial charge in [-0.25, -0.2) is 0 Å². The minimum absolute atomic E-state index is 0.132. The number of carbonyl (C=O) groups is 1. The Balaban J connectivity index is 1.67. The zero-order valence-electron chi connectivity index (χ0n) is 11.3. The van der Waals surface area contributed by atoms with Gasteiger partial charge in [0.2, 0.25) is 5.91 Å². The summed E-state index contributed by atoms with van der Waals surface area (Å²) in [6.45, 7) is 3.91. The standard InChI is InChI=1S/C14H25N3O/c1-16-5-2-6-17(8-7-16)14(18)12-10-3-4-11(9-10)13(12)15/h10-13H,2-9,15H2,1H3. The molecule has 1 saturated heterocycles. The van der Waals surface area contributed by atoms with Gasteiger partial charge in [-0.15, -0.1) is 0 Å². The Morgan fingerprint density at radius 3 is 2.61 bits per heavy atom. The SMILES string of the molecule is CN1CCCN(C(=O)C2C3CCC(C3)C2N)CC1. The van der Waals surface area contributed by atoms with E-state index in [2.05, 4.69) is 16.8 Å². The molecule has 2 bridgehead atoms. The fraction of sp³-hybridized carbons (Fsp3) is 0.929. The van der Waals surface area contributed by atoms with E-state index >= 15 is 0 Å².